The van der Waals surface area contributed by atoms with Gasteiger partial charge in [0.15, 0.2) is 6.61 Å². The van der Waals surface area contributed by atoms with Gasteiger partial charge in [-0.15, -0.1) is 10.2 Å². The summed E-state index contributed by atoms with van der Waals surface area (Å²) in [5.41, 5.74) is 2.25. The van der Waals surface area contributed by atoms with Gasteiger partial charge in [0.05, 0.1) is 11.5 Å². The van der Waals surface area contributed by atoms with Gasteiger partial charge in [-0.2, -0.15) is 0 Å². The molecule has 10 atom stereocenters. The van der Waals surface area contributed by atoms with E-state index >= 15 is 0 Å². The number of allylic oxidation sites excluding steroid dienone is 2. The normalized spacial score (nSPS) is 43.6. The fraction of sp³-hybridized carbons (Fsp3) is 0.718. The monoisotopic (exact) mass is 614 g/mol. The highest BCUT2D eigenvalue weighted by Gasteiger charge is 2.69. The van der Waals surface area contributed by atoms with Gasteiger partial charge in [0.1, 0.15) is 0 Å². The van der Waals surface area contributed by atoms with Gasteiger partial charge in [-0.05, 0) is 121 Å². The molecule has 0 spiro atoms. The minimum Gasteiger partial charge on any atom is -0.455 e. The third-order valence-corrected chi connectivity index (χ3v) is 15.2. The maximum absolute atomic E-state index is 14.4. The number of aromatic nitrogens is 2. The van der Waals surface area contributed by atoms with Crippen molar-refractivity contribution < 1.29 is 19.1 Å². The van der Waals surface area contributed by atoms with E-state index in [0.29, 0.717) is 35.5 Å². The van der Waals surface area contributed by atoms with Crippen LogP contribution in [0.15, 0.2) is 46.4 Å². The lowest BCUT2D eigenvalue weighted by atomic mass is 9.33. The van der Waals surface area contributed by atoms with E-state index in [-0.39, 0.29) is 46.3 Å². The first-order valence-corrected chi connectivity index (χ1v) is 17.7. The molecule has 1 heterocycles. The van der Waals surface area contributed by atoms with E-state index in [1.54, 1.807) is 5.57 Å². The van der Waals surface area contributed by atoms with Crippen LogP contribution in [0.5, 0.6) is 0 Å². The van der Waals surface area contributed by atoms with E-state index in [0.717, 1.165) is 50.5 Å². The fourth-order valence-electron chi connectivity index (χ4n) is 12.1. The molecule has 6 nitrogen and oxygen atoms in total. The summed E-state index contributed by atoms with van der Waals surface area (Å²) in [6.45, 7) is 17.1. The van der Waals surface area contributed by atoms with Gasteiger partial charge in [0, 0.05) is 5.56 Å². The van der Waals surface area contributed by atoms with Crippen LogP contribution in [-0.4, -0.2) is 27.4 Å². The Morgan fingerprint density at radius 3 is 2.44 bits per heavy atom. The van der Waals surface area contributed by atoms with Gasteiger partial charge < -0.3 is 14.3 Å². The predicted octanol–water partition coefficient (Wildman–Crippen LogP) is 8.80. The van der Waals surface area contributed by atoms with Crippen LogP contribution < -0.4 is 0 Å². The lowest BCUT2D eigenvalue weighted by molar-refractivity contribution is -0.207. The summed E-state index contributed by atoms with van der Waals surface area (Å²) in [4.78, 5) is 14.4. The van der Waals surface area contributed by atoms with Crippen LogP contribution in [0.3, 0.4) is 0 Å². The average Bonchev–Trinajstić information content (AvgIpc) is 3.50. The quantitative estimate of drug-likeness (QED) is 0.274. The standard InChI is InChI=1S/C39H54N2O4/c1-24-15-20-39(34(43)44-23-31-40-41-33(45-31)26-11-9-8-10-12-26)22-21-37(6)27(32(39)25(24)2)13-14-29-36(5)18-17-30(42)35(3,4)28(36)16-19-38(29,37)7/h8-13,24-25,28-30,32,42H,14-23H2,1-7H3/t24-,25+,28+,29-,30+,32+,36+,37-,38-,39+/m1/s1. The van der Waals surface area contributed by atoms with Crippen molar-refractivity contribution in [3.05, 3.63) is 47.9 Å². The van der Waals surface area contributed by atoms with Gasteiger partial charge in [0.25, 0.3) is 5.89 Å². The average molecular weight is 615 g/mol. The molecular formula is C39H54N2O4. The molecule has 0 saturated heterocycles. The SMILES string of the molecule is C[C@H]1[C@H](C)CC[C@]2(C(=O)OCc3nnc(-c4ccccc4)o3)CC[C@]3(C)C(=CC[C@@H]4[C@@]5(C)CC[C@H](O)C(C)(C)[C@@H]5CC[C@]43C)[C@H]12. The Kier molecular flexibility index (Phi) is 7.28. The number of esters is 1. The molecule has 6 heteroatoms. The topological polar surface area (TPSA) is 85.5 Å². The zero-order valence-electron chi connectivity index (χ0n) is 28.6. The van der Waals surface area contributed by atoms with Crippen LogP contribution in [0.2, 0.25) is 0 Å². The van der Waals surface area contributed by atoms with E-state index < -0.39 is 5.41 Å². The number of nitrogens with zero attached hydrogens (tertiary/aromatic N) is 2. The van der Waals surface area contributed by atoms with E-state index in [9.17, 15) is 9.90 Å². The molecule has 0 bridgehead atoms. The maximum atomic E-state index is 14.4. The number of ether oxygens (including phenoxy) is 1. The molecule has 1 N–H and O–H groups in total. The molecule has 4 saturated carbocycles. The molecule has 45 heavy (non-hydrogen) atoms. The minimum atomic E-state index is -0.513. The Balaban J connectivity index is 1.19. The van der Waals surface area contributed by atoms with Crippen molar-refractivity contribution in [2.75, 3.05) is 0 Å². The minimum absolute atomic E-state index is 0.00849. The second-order valence-corrected chi connectivity index (χ2v) is 17.1. The molecule has 4 fully saturated rings. The smallest absolute Gasteiger partial charge is 0.313 e. The largest absolute Gasteiger partial charge is 0.455 e. The molecular weight excluding hydrogens is 560 g/mol. The highest BCUT2D eigenvalue weighted by atomic mass is 16.5. The lowest BCUT2D eigenvalue weighted by Crippen LogP contribution is -2.65. The Labute approximate surface area is 269 Å². The molecule has 7 rings (SSSR count). The van der Waals surface area contributed by atoms with Crippen molar-refractivity contribution >= 4 is 5.97 Å². The Morgan fingerprint density at radius 2 is 1.69 bits per heavy atom. The highest BCUT2D eigenvalue weighted by molar-refractivity contribution is 5.79. The Hall–Kier alpha value is -2.47. The van der Waals surface area contributed by atoms with Crippen LogP contribution in [0, 0.1) is 56.7 Å². The maximum Gasteiger partial charge on any atom is 0.313 e. The first-order chi connectivity index (χ1) is 21.3. The molecule has 244 valence electrons. The summed E-state index contributed by atoms with van der Waals surface area (Å²) >= 11 is 0. The molecule has 5 aliphatic carbocycles. The van der Waals surface area contributed by atoms with Crippen molar-refractivity contribution in [2.45, 2.75) is 119 Å². The molecule has 2 aromatic rings. The summed E-state index contributed by atoms with van der Waals surface area (Å²) in [7, 11) is 0. The van der Waals surface area contributed by atoms with E-state index in [4.69, 9.17) is 9.15 Å². The second-order valence-electron chi connectivity index (χ2n) is 17.1. The number of carbonyl (C=O) groups excluding carboxylic acids is 1. The molecule has 1 aromatic heterocycles. The van der Waals surface area contributed by atoms with Crippen LogP contribution in [0.1, 0.15) is 112 Å². The van der Waals surface area contributed by atoms with Gasteiger partial charge >= 0.3 is 5.97 Å². The van der Waals surface area contributed by atoms with Gasteiger partial charge in [-0.3, -0.25) is 4.79 Å². The molecule has 0 aliphatic heterocycles. The van der Waals surface area contributed by atoms with Crippen LogP contribution in [0.4, 0.5) is 0 Å². The summed E-state index contributed by atoms with van der Waals surface area (Å²) in [6, 6.07) is 9.70. The summed E-state index contributed by atoms with van der Waals surface area (Å²) in [5.74, 6) is 2.96. The molecule has 0 unspecified atom stereocenters. The first-order valence-electron chi connectivity index (χ1n) is 17.7. The molecule has 1 aromatic carbocycles. The number of hydrogen-bond donors (Lipinski definition) is 1. The zero-order valence-corrected chi connectivity index (χ0v) is 28.6. The third kappa shape index (κ3) is 4.32. The summed E-state index contributed by atoms with van der Waals surface area (Å²) in [6.07, 6.45) is 11.7. The second kappa shape index (κ2) is 10.5. The third-order valence-electron chi connectivity index (χ3n) is 15.2. The number of aliphatic hydroxyl groups excluding tert-OH is 1. The highest BCUT2D eigenvalue weighted by Crippen LogP contribution is 2.75. The Bertz CT molecular complexity index is 1480. The van der Waals surface area contributed by atoms with E-state index in [2.05, 4.69) is 64.7 Å². The Morgan fingerprint density at radius 1 is 0.933 bits per heavy atom. The number of benzene rings is 1. The number of hydrogen-bond acceptors (Lipinski definition) is 6. The van der Waals surface area contributed by atoms with Gasteiger partial charge in [-0.25, -0.2) is 0 Å². The van der Waals surface area contributed by atoms with Crippen LogP contribution in [0.25, 0.3) is 11.5 Å². The molecule has 5 aliphatic rings. The van der Waals surface area contributed by atoms with Crippen molar-refractivity contribution in [1.82, 2.24) is 10.2 Å². The van der Waals surface area contributed by atoms with Crippen LogP contribution in [-0.2, 0) is 16.1 Å². The van der Waals surface area contributed by atoms with E-state index in [1.165, 1.54) is 12.8 Å². The lowest BCUT2D eigenvalue weighted by Gasteiger charge is -2.71. The number of rotatable bonds is 4. The number of carbonyl (C=O) groups is 1. The number of fused-ring (bicyclic) bond motifs is 7. The fourth-order valence-corrected chi connectivity index (χ4v) is 12.1. The van der Waals surface area contributed by atoms with E-state index in [1.807, 2.05) is 30.3 Å². The predicted molar refractivity (Wildman–Crippen MR) is 175 cm³/mol. The van der Waals surface area contributed by atoms with Crippen molar-refractivity contribution in [2.24, 2.45) is 56.7 Å². The molecule has 0 radical (unpaired) electrons. The summed E-state index contributed by atoms with van der Waals surface area (Å²) in [5, 5.41) is 19.5. The molecule has 0 amide bonds. The van der Waals surface area contributed by atoms with Gasteiger partial charge in [0.2, 0.25) is 5.89 Å². The van der Waals surface area contributed by atoms with Gasteiger partial charge in [-0.1, -0.05) is 78.3 Å². The first kappa shape index (κ1) is 31.1. The summed E-state index contributed by atoms with van der Waals surface area (Å²) < 4.78 is 12.0. The van der Waals surface area contributed by atoms with Crippen LogP contribution >= 0.6 is 0 Å². The van der Waals surface area contributed by atoms with Crippen molar-refractivity contribution in [3.8, 4) is 11.5 Å². The zero-order chi connectivity index (χ0) is 32.0. The van der Waals surface area contributed by atoms with Crippen molar-refractivity contribution in [1.29, 1.82) is 0 Å². The van der Waals surface area contributed by atoms with Crippen molar-refractivity contribution in [3.63, 3.8) is 0 Å². The number of aliphatic hydroxyl groups is 1.